The van der Waals surface area contributed by atoms with Crippen molar-refractivity contribution in [1.82, 2.24) is 5.32 Å². The smallest absolute Gasteiger partial charge is 0.258 e. The van der Waals surface area contributed by atoms with E-state index >= 15 is 0 Å². The molecule has 0 spiro atoms. The van der Waals surface area contributed by atoms with E-state index in [2.05, 4.69) is 5.32 Å². The van der Waals surface area contributed by atoms with Gasteiger partial charge in [0.2, 0.25) is 0 Å². The second kappa shape index (κ2) is 6.48. The molecule has 22 heavy (non-hydrogen) atoms. The molecule has 116 valence electrons. The first kappa shape index (κ1) is 15.8. The lowest BCUT2D eigenvalue weighted by Gasteiger charge is -2.13. The highest BCUT2D eigenvalue weighted by Crippen LogP contribution is 2.22. The molecule has 1 atom stereocenters. The van der Waals surface area contributed by atoms with Gasteiger partial charge in [0.05, 0.1) is 6.10 Å². The summed E-state index contributed by atoms with van der Waals surface area (Å²) in [6, 6.07) is 6.03. The minimum absolute atomic E-state index is 0.291. The molecular formula is C15H12F3NO3. The Morgan fingerprint density at radius 3 is 2.32 bits per heavy atom. The minimum Gasteiger partial charge on any atom is -0.507 e. The molecule has 0 radical (unpaired) electrons. The average molecular weight is 311 g/mol. The van der Waals surface area contributed by atoms with Gasteiger partial charge in [-0.05, 0) is 17.7 Å². The predicted molar refractivity (Wildman–Crippen MR) is 71.7 cm³/mol. The first-order chi connectivity index (χ1) is 10.4. The van der Waals surface area contributed by atoms with Crippen molar-refractivity contribution in [3.8, 4) is 5.75 Å². The number of nitrogens with one attached hydrogen (secondary N) is 1. The van der Waals surface area contributed by atoms with Crippen molar-refractivity contribution in [2.45, 2.75) is 6.10 Å². The Kier molecular flexibility index (Phi) is 4.67. The molecule has 0 aliphatic heterocycles. The molecule has 1 amide bonds. The van der Waals surface area contributed by atoms with Crippen LogP contribution in [0.25, 0.3) is 0 Å². The quantitative estimate of drug-likeness (QED) is 0.811. The summed E-state index contributed by atoms with van der Waals surface area (Å²) in [5.41, 5.74) is -0.363. The number of carbonyl (C=O) groups is 1. The molecule has 2 aromatic rings. The Labute approximate surface area is 123 Å². The largest absolute Gasteiger partial charge is 0.507 e. The topological polar surface area (TPSA) is 69.6 Å². The van der Waals surface area contributed by atoms with Gasteiger partial charge in [0.1, 0.15) is 28.8 Å². The zero-order valence-corrected chi connectivity index (χ0v) is 11.2. The SMILES string of the molecule is O=C(NCC(O)c1ccc(F)cc1)c1c(O)cc(F)cc1F. The first-order valence-electron chi connectivity index (χ1n) is 6.28. The van der Waals surface area contributed by atoms with E-state index in [4.69, 9.17) is 0 Å². The molecule has 2 rings (SSSR count). The molecule has 0 bridgehead atoms. The van der Waals surface area contributed by atoms with Crippen molar-refractivity contribution in [2.75, 3.05) is 6.54 Å². The molecule has 0 fully saturated rings. The second-order valence-electron chi connectivity index (χ2n) is 4.56. The van der Waals surface area contributed by atoms with E-state index in [1.54, 1.807) is 0 Å². The molecule has 3 N–H and O–H groups in total. The molecule has 0 aliphatic carbocycles. The number of carbonyl (C=O) groups excluding carboxylic acids is 1. The van der Waals surface area contributed by atoms with Crippen LogP contribution in [0, 0.1) is 17.5 Å². The van der Waals surface area contributed by atoms with Crippen molar-refractivity contribution in [3.63, 3.8) is 0 Å². The van der Waals surface area contributed by atoms with Crippen LogP contribution in [-0.4, -0.2) is 22.7 Å². The number of rotatable bonds is 4. The van der Waals surface area contributed by atoms with E-state index in [1.165, 1.54) is 12.1 Å². The van der Waals surface area contributed by atoms with E-state index < -0.39 is 40.8 Å². The maximum Gasteiger partial charge on any atom is 0.258 e. The summed E-state index contributed by atoms with van der Waals surface area (Å²) in [6.45, 7) is -0.291. The van der Waals surface area contributed by atoms with Crippen LogP contribution in [0.15, 0.2) is 36.4 Å². The third-order valence-electron chi connectivity index (χ3n) is 2.97. The van der Waals surface area contributed by atoms with Gasteiger partial charge in [-0.15, -0.1) is 0 Å². The van der Waals surface area contributed by atoms with Gasteiger partial charge in [-0.25, -0.2) is 13.2 Å². The van der Waals surface area contributed by atoms with E-state index in [0.29, 0.717) is 17.7 Å². The van der Waals surface area contributed by atoms with E-state index in [1.807, 2.05) is 0 Å². The normalized spacial score (nSPS) is 12.0. The fraction of sp³-hybridized carbons (Fsp3) is 0.133. The number of hydrogen-bond donors (Lipinski definition) is 3. The molecule has 0 aliphatic rings. The fourth-order valence-corrected chi connectivity index (χ4v) is 1.87. The Balaban J connectivity index is 2.05. The second-order valence-corrected chi connectivity index (χ2v) is 4.56. The molecular weight excluding hydrogens is 299 g/mol. The number of amides is 1. The van der Waals surface area contributed by atoms with Crippen LogP contribution in [0.5, 0.6) is 5.75 Å². The molecule has 0 heterocycles. The minimum atomic E-state index is -1.22. The Bertz CT molecular complexity index is 666. The van der Waals surface area contributed by atoms with Crippen LogP contribution in [-0.2, 0) is 0 Å². The maximum absolute atomic E-state index is 13.5. The number of aliphatic hydroxyl groups is 1. The molecule has 1 unspecified atom stereocenters. The number of aromatic hydroxyl groups is 1. The zero-order valence-electron chi connectivity index (χ0n) is 11.2. The van der Waals surface area contributed by atoms with Gasteiger partial charge in [0.25, 0.3) is 5.91 Å². The zero-order chi connectivity index (χ0) is 16.3. The summed E-state index contributed by atoms with van der Waals surface area (Å²) in [6.07, 6.45) is -1.14. The standard InChI is InChI=1S/C15H12F3NO3/c16-9-3-1-8(2-4-9)13(21)7-19-15(22)14-11(18)5-10(17)6-12(14)20/h1-6,13,20-21H,7H2,(H,19,22). The van der Waals surface area contributed by atoms with Gasteiger partial charge in [0.15, 0.2) is 0 Å². The number of benzene rings is 2. The number of phenolic OH excluding ortho intramolecular Hbond substituents is 1. The van der Waals surface area contributed by atoms with E-state index in [9.17, 15) is 28.2 Å². The van der Waals surface area contributed by atoms with Gasteiger partial charge in [0, 0.05) is 18.7 Å². The lowest BCUT2D eigenvalue weighted by molar-refractivity contribution is 0.0909. The van der Waals surface area contributed by atoms with Crippen molar-refractivity contribution in [1.29, 1.82) is 0 Å². The van der Waals surface area contributed by atoms with Gasteiger partial charge in [-0.3, -0.25) is 4.79 Å². The van der Waals surface area contributed by atoms with Gasteiger partial charge in [-0.2, -0.15) is 0 Å². The third kappa shape index (κ3) is 3.56. The highest BCUT2D eigenvalue weighted by Gasteiger charge is 2.19. The van der Waals surface area contributed by atoms with Gasteiger partial charge in [-0.1, -0.05) is 12.1 Å². The highest BCUT2D eigenvalue weighted by molar-refractivity contribution is 5.97. The van der Waals surface area contributed by atoms with Crippen molar-refractivity contribution in [2.24, 2.45) is 0 Å². The summed E-state index contributed by atoms with van der Waals surface area (Å²) in [7, 11) is 0. The number of aliphatic hydroxyl groups excluding tert-OH is 1. The lowest BCUT2D eigenvalue weighted by atomic mass is 10.1. The predicted octanol–water partition coefficient (Wildman–Crippen LogP) is 2.27. The fourth-order valence-electron chi connectivity index (χ4n) is 1.87. The Hall–Kier alpha value is -2.54. The first-order valence-corrected chi connectivity index (χ1v) is 6.28. The van der Waals surface area contributed by atoms with Crippen molar-refractivity contribution < 1.29 is 28.2 Å². The maximum atomic E-state index is 13.5. The Morgan fingerprint density at radius 1 is 1.09 bits per heavy atom. The van der Waals surface area contributed by atoms with Crippen LogP contribution in [0.2, 0.25) is 0 Å². The number of hydrogen-bond acceptors (Lipinski definition) is 3. The van der Waals surface area contributed by atoms with Crippen LogP contribution in [0.4, 0.5) is 13.2 Å². The van der Waals surface area contributed by atoms with E-state index in [0.717, 1.165) is 12.1 Å². The summed E-state index contributed by atoms with van der Waals surface area (Å²) in [5, 5.41) is 21.5. The Morgan fingerprint density at radius 2 is 1.73 bits per heavy atom. The molecule has 7 heteroatoms. The summed E-state index contributed by atoms with van der Waals surface area (Å²) in [5.74, 6) is -4.55. The summed E-state index contributed by atoms with van der Waals surface area (Å²) < 4.78 is 39.1. The van der Waals surface area contributed by atoms with Crippen LogP contribution < -0.4 is 5.32 Å². The van der Waals surface area contributed by atoms with Crippen LogP contribution >= 0.6 is 0 Å². The average Bonchev–Trinajstić information content (AvgIpc) is 2.44. The van der Waals surface area contributed by atoms with Crippen molar-refractivity contribution >= 4 is 5.91 Å². The van der Waals surface area contributed by atoms with Crippen LogP contribution in [0.1, 0.15) is 22.0 Å². The van der Waals surface area contributed by atoms with Gasteiger partial charge < -0.3 is 15.5 Å². The monoisotopic (exact) mass is 311 g/mol. The molecule has 0 saturated carbocycles. The lowest BCUT2D eigenvalue weighted by Crippen LogP contribution is -2.29. The third-order valence-corrected chi connectivity index (χ3v) is 2.97. The molecule has 2 aromatic carbocycles. The molecule has 4 nitrogen and oxygen atoms in total. The summed E-state index contributed by atoms with van der Waals surface area (Å²) >= 11 is 0. The summed E-state index contributed by atoms with van der Waals surface area (Å²) in [4.78, 5) is 11.8. The number of halogens is 3. The van der Waals surface area contributed by atoms with E-state index in [-0.39, 0.29) is 6.54 Å². The van der Waals surface area contributed by atoms with Crippen LogP contribution in [0.3, 0.4) is 0 Å². The van der Waals surface area contributed by atoms with Crippen molar-refractivity contribution in [3.05, 3.63) is 65.0 Å². The van der Waals surface area contributed by atoms with Gasteiger partial charge >= 0.3 is 0 Å². The molecule has 0 saturated heterocycles. The number of phenols is 1. The molecule has 0 aromatic heterocycles. The highest BCUT2D eigenvalue weighted by atomic mass is 19.1.